The predicted octanol–water partition coefficient (Wildman–Crippen LogP) is 4.17. The molecule has 2 aliphatic carbocycles. The largest absolute Gasteiger partial charge is 0.365 e. The Bertz CT molecular complexity index is 1560. The maximum Gasteiger partial charge on any atom is 0.286 e. The second-order valence-corrected chi connectivity index (χ2v) is 14.9. The molecule has 3 aromatic rings. The number of amides is 1. The minimum atomic E-state index is -3.38. The van der Waals surface area contributed by atoms with Crippen LogP contribution in [0.25, 0.3) is 11.2 Å². The van der Waals surface area contributed by atoms with Crippen LogP contribution in [0.15, 0.2) is 30.3 Å². The van der Waals surface area contributed by atoms with E-state index in [-0.39, 0.29) is 17.9 Å². The number of anilines is 2. The summed E-state index contributed by atoms with van der Waals surface area (Å²) in [5.41, 5.74) is 7.94. The average molecular weight is 609 g/mol. The molecule has 1 aromatic carbocycles. The number of nitrogens with two attached hydrogens (primary N) is 1. The van der Waals surface area contributed by atoms with E-state index in [9.17, 15) is 13.2 Å². The van der Waals surface area contributed by atoms with Crippen LogP contribution in [-0.4, -0.2) is 70.1 Å². The van der Waals surface area contributed by atoms with E-state index >= 15 is 0 Å². The summed E-state index contributed by atoms with van der Waals surface area (Å²) in [6.45, 7) is 6.38. The lowest BCUT2D eigenvalue weighted by atomic mass is 9.80. The van der Waals surface area contributed by atoms with Gasteiger partial charge >= 0.3 is 0 Å². The van der Waals surface area contributed by atoms with Crippen LogP contribution in [0.5, 0.6) is 0 Å². The highest BCUT2D eigenvalue weighted by molar-refractivity contribution is 7.88. The summed E-state index contributed by atoms with van der Waals surface area (Å²) in [7, 11) is -3.38. The first kappa shape index (κ1) is 29.8. The molecule has 2 aromatic heterocycles. The Morgan fingerprint density at radius 2 is 1.77 bits per heavy atom. The van der Waals surface area contributed by atoms with E-state index in [0.29, 0.717) is 42.9 Å². The molecule has 11 nitrogen and oxygen atoms in total. The highest BCUT2D eigenvalue weighted by Crippen LogP contribution is 2.38. The molecule has 0 radical (unpaired) electrons. The zero-order valence-corrected chi connectivity index (χ0v) is 26.3. The Morgan fingerprint density at radius 3 is 2.40 bits per heavy atom. The van der Waals surface area contributed by atoms with Crippen LogP contribution >= 0.6 is 0 Å². The molecule has 1 amide bonds. The minimum absolute atomic E-state index is 0.0556. The van der Waals surface area contributed by atoms with Crippen molar-refractivity contribution in [2.45, 2.75) is 77.4 Å². The maximum absolute atomic E-state index is 12.7. The monoisotopic (exact) mass is 608 g/mol. The molecule has 43 heavy (non-hydrogen) atoms. The number of nitrogens with zero attached hydrogens (tertiary/aromatic N) is 6. The molecule has 12 heteroatoms. The fraction of sp³-hybridized carbons (Fsp3) is 0.613. The van der Waals surface area contributed by atoms with Crippen molar-refractivity contribution in [3.8, 4) is 0 Å². The lowest BCUT2D eigenvalue weighted by Crippen LogP contribution is -2.51. The number of carbonyl (C=O) groups is 1. The summed E-state index contributed by atoms with van der Waals surface area (Å²) in [4.78, 5) is 28.9. The number of hydrogen-bond donors (Lipinski definition) is 2. The summed E-state index contributed by atoms with van der Waals surface area (Å²) in [6.07, 6.45) is 9.48. The molecule has 6 rings (SSSR count). The van der Waals surface area contributed by atoms with Crippen LogP contribution in [0.3, 0.4) is 0 Å². The van der Waals surface area contributed by atoms with E-state index in [0.717, 1.165) is 42.3 Å². The van der Waals surface area contributed by atoms with E-state index < -0.39 is 15.9 Å². The zero-order valence-electron chi connectivity index (χ0n) is 25.4. The van der Waals surface area contributed by atoms with Crippen molar-refractivity contribution in [1.29, 1.82) is 0 Å². The number of primary amides is 1. The molecule has 3 heterocycles. The standard InChI is InChI=1S/C31H44N8O3S/c1-20-12-14-22(15-13-20)18-39-26-28(33-21(2)23-10-7-11-23)34-30(27(32)40)35-29(26)36-31(39)38-17-16-37(43(3,41)42)19-25(38)24-8-5-4-6-9-24/h4-6,8-9,20-23,25H,7,10-19H2,1-3H3,(H2,32,40)(H,33,34,35)/t20?,21-,22?,25+/m1/s1. The number of benzene rings is 1. The second kappa shape index (κ2) is 12.0. The van der Waals surface area contributed by atoms with Gasteiger partial charge in [0.05, 0.1) is 12.3 Å². The van der Waals surface area contributed by atoms with Crippen molar-refractivity contribution in [1.82, 2.24) is 23.8 Å². The van der Waals surface area contributed by atoms with E-state index in [1.807, 2.05) is 30.3 Å². The highest BCUT2D eigenvalue weighted by atomic mass is 32.2. The van der Waals surface area contributed by atoms with E-state index in [1.54, 1.807) is 4.31 Å². The Labute approximate surface area is 254 Å². The third-order valence-corrected chi connectivity index (χ3v) is 11.1. The molecule has 3 fully saturated rings. The van der Waals surface area contributed by atoms with Gasteiger partial charge in [-0.15, -0.1) is 0 Å². The summed E-state index contributed by atoms with van der Waals surface area (Å²) < 4.78 is 29.1. The number of imidazole rings is 1. The minimum Gasteiger partial charge on any atom is -0.365 e. The van der Waals surface area contributed by atoms with Crippen LogP contribution in [0, 0.1) is 17.8 Å². The Hall–Kier alpha value is -3.25. The number of hydrogen-bond acceptors (Lipinski definition) is 8. The summed E-state index contributed by atoms with van der Waals surface area (Å²) >= 11 is 0. The third kappa shape index (κ3) is 6.22. The van der Waals surface area contributed by atoms with Gasteiger partial charge in [-0.05, 0) is 55.9 Å². The Kier molecular flexibility index (Phi) is 8.34. The molecular weight excluding hydrogens is 564 g/mol. The number of piperazine rings is 1. The molecule has 0 unspecified atom stereocenters. The summed E-state index contributed by atoms with van der Waals surface area (Å²) in [6, 6.07) is 9.92. The molecular formula is C31H44N8O3S. The molecule has 3 aliphatic rings. The van der Waals surface area contributed by atoms with Crippen molar-refractivity contribution >= 4 is 38.9 Å². The van der Waals surface area contributed by atoms with Gasteiger partial charge in [-0.1, -0.05) is 56.5 Å². The van der Waals surface area contributed by atoms with Gasteiger partial charge in [0.2, 0.25) is 21.8 Å². The quantitative estimate of drug-likeness (QED) is 0.369. The van der Waals surface area contributed by atoms with Crippen LogP contribution in [0.2, 0.25) is 0 Å². The van der Waals surface area contributed by atoms with Gasteiger partial charge in [0, 0.05) is 32.2 Å². The SMILES string of the molecule is CC1CCC(Cn2c(N3CCN(S(C)(=O)=O)C[C@H]3c3ccccc3)nc3nc(C(N)=O)nc(N[C@H](C)C4CCC4)c32)CC1. The molecule has 1 aliphatic heterocycles. The van der Waals surface area contributed by atoms with Gasteiger partial charge in [0.1, 0.15) is 5.52 Å². The second-order valence-electron chi connectivity index (χ2n) is 12.9. The lowest BCUT2D eigenvalue weighted by molar-refractivity contribution is 0.0991. The Balaban J connectivity index is 1.49. The van der Waals surface area contributed by atoms with Crippen LogP contribution in [0.4, 0.5) is 11.8 Å². The van der Waals surface area contributed by atoms with Crippen molar-refractivity contribution in [3.05, 3.63) is 41.7 Å². The lowest BCUT2D eigenvalue weighted by Gasteiger charge is -2.41. The molecule has 1 saturated heterocycles. The number of rotatable bonds is 9. The molecule has 2 atom stereocenters. The first-order valence-electron chi connectivity index (χ1n) is 15.7. The smallest absolute Gasteiger partial charge is 0.286 e. The van der Waals surface area contributed by atoms with Gasteiger partial charge in [-0.25, -0.2) is 18.4 Å². The normalized spacial score (nSPS) is 24.5. The first-order valence-corrected chi connectivity index (χ1v) is 17.5. The maximum atomic E-state index is 12.7. The molecule has 232 valence electrons. The molecule has 3 N–H and O–H groups in total. The third-order valence-electron chi connectivity index (χ3n) is 9.85. The topological polar surface area (TPSA) is 139 Å². The van der Waals surface area contributed by atoms with Crippen LogP contribution in [0.1, 0.15) is 81.0 Å². The number of sulfonamides is 1. The van der Waals surface area contributed by atoms with Crippen molar-refractivity contribution in [2.75, 3.05) is 36.1 Å². The highest BCUT2D eigenvalue weighted by Gasteiger charge is 2.36. The fourth-order valence-corrected chi connectivity index (χ4v) is 7.76. The predicted molar refractivity (Wildman–Crippen MR) is 168 cm³/mol. The van der Waals surface area contributed by atoms with Gasteiger partial charge in [-0.3, -0.25) is 4.79 Å². The van der Waals surface area contributed by atoms with Crippen molar-refractivity contribution in [3.63, 3.8) is 0 Å². The number of aromatic nitrogens is 4. The van der Waals surface area contributed by atoms with Gasteiger partial charge in [0.25, 0.3) is 5.91 Å². The Morgan fingerprint density at radius 1 is 1.05 bits per heavy atom. The van der Waals surface area contributed by atoms with Crippen molar-refractivity contribution < 1.29 is 13.2 Å². The average Bonchev–Trinajstić information content (AvgIpc) is 3.31. The van der Waals surface area contributed by atoms with E-state index in [4.69, 9.17) is 10.7 Å². The van der Waals surface area contributed by atoms with Gasteiger partial charge in [0.15, 0.2) is 11.5 Å². The zero-order chi connectivity index (χ0) is 30.3. The van der Waals surface area contributed by atoms with Gasteiger partial charge < -0.3 is 20.5 Å². The van der Waals surface area contributed by atoms with Crippen LogP contribution < -0.4 is 16.0 Å². The van der Waals surface area contributed by atoms with E-state index in [2.05, 4.69) is 38.6 Å². The van der Waals surface area contributed by atoms with Gasteiger partial charge in [-0.2, -0.15) is 9.29 Å². The first-order chi connectivity index (χ1) is 20.6. The van der Waals surface area contributed by atoms with Crippen molar-refractivity contribution in [2.24, 2.45) is 23.5 Å². The fourth-order valence-electron chi connectivity index (χ4n) is 6.93. The summed E-state index contributed by atoms with van der Waals surface area (Å²) in [5.74, 6) is 2.31. The number of nitrogens with one attached hydrogen (secondary N) is 1. The molecule has 0 spiro atoms. The summed E-state index contributed by atoms with van der Waals surface area (Å²) in [5, 5.41) is 3.63. The van der Waals surface area contributed by atoms with E-state index in [1.165, 1.54) is 38.4 Å². The molecule has 0 bridgehead atoms. The molecule has 2 saturated carbocycles. The number of fused-ring (bicyclic) bond motifs is 1. The number of carbonyl (C=O) groups excluding carboxylic acids is 1. The van der Waals surface area contributed by atoms with Crippen LogP contribution in [-0.2, 0) is 16.6 Å².